The van der Waals surface area contributed by atoms with Gasteiger partial charge in [-0.05, 0) is 48.0 Å². The Balaban J connectivity index is 2.94. The predicted octanol–water partition coefficient (Wildman–Crippen LogP) is 2.03. The van der Waals surface area contributed by atoms with Crippen molar-refractivity contribution in [3.8, 4) is 0 Å². The van der Waals surface area contributed by atoms with Gasteiger partial charge in [-0.2, -0.15) is 12.7 Å². The summed E-state index contributed by atoms with van der Waals surface area (Å²) < 4.78 is 28.2. The predicted molar refractivity (Wildman–Crippen MR) is 74.0 cm³/mol. The molecule has 17 heavy (non-hydrogen) atoms. The number of nitrogens with two attached hydrogens (primary N) is 1. The molecular weight excluding hydrogens is 306 g/mol. The summed E-state index contributed by atoms with van der Waals surface area (Å²) in [7, 11) is -1.99. The topological polar surface area (TPSA) is 75.4 Å². The van der Waals surface area contributed by atoms with E-state index in [4.69, 9.17) is 5.73 Å². The van der Waals surface area contributed by atoms with Crippen molar-refractivity contribution < 1.29 is 8.42 Å². The molecule has 0 atom stereocenters. The summed E-state index contributed by atoms with van der Waals surface area (Å²) in [6.07, 6.45) is 0. The number of hydrogen-bond donors (Lipinski definition) is 2. The molecule has 0 saturated heterocycles. The second-order valence-electron chi connectivity index (χ2n) is 3.95. The summed E-state index contributed by atoms with van der Waals surface area (Å²) in [6, 6.07) is 4.77. The van der Waals surface area contributed by atoms with Crippen LogP contribution in [0.2, 0.25) is 0 Å². The molecule has 0 aromatic heterocycles. The van der Waals surface area contributed by atoms with Gasteiger partial charge in [0.2, 0.25) is 0 Å². The molecular formula is C10H16BrN3O2S. The van der Waals surface area contributed by atoms with E-state index in [1.165, 1.54) is 11.4 Å². The Morgan fingerprint density at radius 2 is 2.00 bits per heavy atom. The van der Waals surface area contributed by atoms with Gasteiger partial charge in [-0.15, -0.1) is 0 Å². The molecule has 1 rings (SSSR count). The SMILES string of the molecule is CC(C)N(C)S(=O)(=O)Nc1ccc(N)c(Br)c1. The van der Waals surface area contributed by atoms with E-state index in [-0.39, 0.29) is 6.04 Å². The first-order chi connectivity index (χ1) is 7.74. The molecule has 7 heteroatoms. The van der Waals surface area contributed by atoms with Gasteiger partial charge in [0.15, 0.2) is 0 Å². The second kappa shape index (κ2) is 5.24. The van der Waals surface area contributed by atoms with Crippen LogP contribution in [0.5, 0.6) is 0 Å². The third-order valence-corrected chi connectivity index (χ3v) is 4.71. The van der Waals surface area contributed by atoms with Crippen molar-refractivity contribution in [2.24, 2.45) is 0 Å². The van der Waals surface area contributed by atoms with Crippen LogP contribution < -0.4 is 10.5 Å². The van der Waals surface area contributed by atoms with E-state index in [1.54, 1.807) is 32.0 Å². The van der Waals surface area contributed by atoms with Crippen LogP contribution in [-0.2, 0) is 10.2 Å². The van der Waals surface area contributed by atoms with Crippen LogP contribution >= 0.6 is 15.9 Å². The van der Waals surface area contributed by atoms with Crippen LogP contribution in [0, 0.1) is 0 Å². The molecule has 5 nitrogen and oxygen atoms in total. The summed E-state index contributed by atoms with van der Waals surface area (Å²) in [5.41, 5.74) is 6.66. The average Bonchev–Trinajstić information content (AvgIpc) is 2.22. The molecule has 3 N–H and O–H groups in total. The molecule has 0 fully saturated rings. The van der Waals surface area contributed by atoms with E-state index in [1.807, 2.05) is 0 Å². The third kappa shape index (κ3) is 3.58. The average molecular weight is 322 g/mol. The van der Waals surface area contributed by atoms with E-state index in [0.717, 1.165) is 0 Å². The first-order valence-electron chi connectivity index (χ1n) is 5.05. The molecule has 0 heterocycles. The fourth-order valence-corrected chi connectivity index (χ4v) is 2.59. The monoisotopic (exact) mass is 321 g/mol. The van der Waals surface area contributed by atoms with Crippen LogP contribution in [0.4, 0.5) is 11.4 Å². The van der Waals surface area contributed by atoms with Gasteiger partial charge in [0, 0.05) is 23.2 Å². The standard InChI is InChI=1S/C10H16BrN3O2S/c1-7(2)14(3)17(15,16)13-8-4-5-10(12)9(11)6-8/h4-7,13H,12H2,1-3H3. The van der Waals surface area contributed by atoms with Gasteiger partial charge in [-0.1, -0.05) is 0 Å². The van der Waals surface area contributed by atoms with Crippen molar-refractivity contribution >= 4 is 37.5 Å². The molecule has 0 aliphatic rings. The molecule has 96 valence electrons. The summed E-state index contributed by atoms with van der Waals surface area (Å²) in [6.45, 7) is 3.61. The lowest BCUT2D eigenvalue weighted by atomic mass is 10.3. The van der Waals surface area contributed by atoms with E-state index < -0.39 is 10.2 Å². The van der Waals surface area contributed by atoms with Crippen molar-refractivity contribution in [3.63, 3.8) is 0 Å². The number of benzene rings is 1. The maximum Gasteiger partial charge on any atom is 0.301 e. The number of anilines is 2. The minimum absolute atomic E-state index is 0.107. The minimum Gasteiger partial charge on any atom is -0.398 e. The molecule has 0 bridgehead atoms. The van der Waals surface area contributed by atoms with Crippen LogP contribution in [0.15, 0.2) is 22.7 Å². The van der Waals surface area contributed by atoms with Crippen LogP contribution in [0.3, 0.4) is 0 Å². The quantitative estimate of drug-likeness (QED) is 0.833. The third-order valence-electron chi connectivity index (χ3n) is 2.35. The lowest BCUT2D eigenvalue weighted by Crippen LogP contribution is -2.37. The first kappa shape index (κ1) is 14.3. The Morgan fingerprint density at radius 3 is 2.47 bits per heavy atom. The normalized spacial score (nSPS) is 12.1. The van der Waals surface area contributed by atoms with E-state index in [9.17, 15) is 8.42 Å². The molecule has 0 saturated carbocycles. The number of nitrogens with zero attached hydrogens (tertiary/aromatic N) is 1. The Kier molecular flexibility index (Phi) is 4.40. The zero-order valence-electron chi connectivity index (χ0n) is 9.94. The summed E-state index contributed by atoms with van der Waals surface area (Å²) in [5, 5.41) is 0. The number of halogens is 1. The van der Waals surface area contributed by atoms with E-state index in [2.05, 4.69) is 20.7 Å². The number of rotatable bonds is 4. The summed E-state index contributed by atoms with van der Waals surface area (Å²) in [4.78, 5) is 0. The van der Waals surface area contributed by atoms with Crippen molar-refractivity contribution in [2.75, 3.05) is 17.5 Å². The lowest BCUT2D eigenvalue weighted by Gasteiger charge is -2.21. The van der Waals surface area contributed by atoms with Gasteiger partial charge in [0.25, 0.3) is 0 Å². The lowest BCUT2D eigenvalue weighted by molar-refractivity contribution is 0.414. The van der Waals surface area contributed by atoms with Gasteiger partial charge in [-0.3, -0.25) is 4.72 Å². The minimum atomic E-state index is -3.52. The van der Waals surface area contributed by atoms with Crippen LogP contribution in [-0.4, -0.2) is 25.8 Å². The van der Waals surface area contributed by atoms with Gasteiger partial charge in [0.05, 0.1) is 5.69 Å². The van der Waals surface area contributed by atoms with Crippen molar-refractivity contribution in [1.29, 1.82) is 0 Å². The van der Waals surface area contributed by atoms with Gasteiger partial charge in [0.1, 0.15) is 0 Å². The number of nitrogen functional groups attached to an aromatic ring is 1. The number of nitrogens with one attached hydrogen (secondary N) is 1. The first-order valence-corrected chi connectivity index (χ1v) is 7.28. The zero-order valence-corrected chi connectivity index (χ0v) is 12.3. The van der Waals surface area contributed by atoms with Crippen molar-refractivity contribution in [2.45, 2.75) is 19.9 Å². The van der Waals surface area contributed by atoms with Gasteiger partial charge in [-0.25, -0.2) is 0 Å². The molecule has 0 amide bonds. The Labute approximate surface area is 110 Å². The van der Waals surface area contributed by atoms with E-state index in [0.29, 0.717) is 15.8 Å². The van der Waals surface area contributed by atoms with Crippen molar-refractivity contribution in [1.82, 2.24) is 4.31 Å². The maximum atomic E-state index is 11.9. The maximum absolute atomic E-state index is 11.9. The zero-order chi connectivity index (χ0) is 13.2. The fraction of sp³-hybridized carbons (Fsp3) is 0.400. The largest absolute Gasteiger partial charge is 0.398 e. The van der Waals surface area contributed by atoms with Gasteiger partial charge < -0.3 is 5.73 Å². The summed E-state index contributed by atoms with van der Waals surface area (Å²) >= 11 is 3.25. The highest BCUT2D eigenvalue weighted by Gasteiger charge is 2.20. The van der Waals surface area contributed by atoms with E-state index >= 15 is 0 Å². The fourth-order valence-electron chi connectivity index (χ4n) is 1.09. The second-order valence-corrected chi connectivity index (χ2v) is 6.54. The molecule has 0 aliphatic carbocycles. The molecule has 1 aromatic carbocycles. The van der Waals surface area contributed by atoms with Crippen LogP contribution in [0.1, 0.15) is 13.8 Å². The molecule has 0 aliphatic heterocycles. The summed E-state index contributed by atoms with van der Waals surface area (Å²) in [5.74, 6) is 0. The highest BCUT2D eigenvalue weighted by atomic mass is 79.9. The highest BCUT2D eigenvalue weighted by molar-refractivity contribution is 9.10. The molecule has 1 aromatic rings. The van der Waals surface area contributed by atoms with Crippen LogP contribution in [0.25, 0.3) is 0 Å². The van der Waals surface area contributed by atoms with Gasteiger partial charge >= 0.3 is 10.2 Å². The molecule has 0 radical (unpaired) electrons. The number of hydrogen-bond acceptors (Lipinski definition) is 3. The Hall–Kier alpha value is -0.790. The van der Waals surface area contributed by atoms with Crippen molar-refractivity contribution in [3.05, 3.63) is 22.7 Å². The Bertz CT molecular complexity index is 502. The highest BCUT2D eigenvalue weighted by Crippen LogP contribution is 2.24. The molecule has 0 unspecified atom stereocenters. The smallest absolute Gasteiger partial charge is 0.301 e. The molecule has 0 spiro atoms. The Morgan fingerprint density at radius 1 is 1.41 bits per heavy atom.